The monoisotopic (exact) mass is 513 g/mol. The summed E-state index contributed by atoms with van der Waals surface area (Å²) in [6, 6.07) is 18.1. The lowest BCUT2D eigenvalue weighted by molar-refractivity contribution is -0.120. The van der Waals surface area contributed by atoms with Crippen molar-refractivity contribution in [1.82, 2.24) is 5.43 Å². The molecule has 7 nitrogen and oxygen atoms in total. The fraction of sp³-hybridized carbons (Fsp3) is 0.125. The first-order valence-electron chi connectivity index (χ1n) is 9.86. The molecule has 0 aliphatic rings. The van der Waals surface area contributed by atoms with E-state index in [0.29, 0.717) is 32.8 Å². The molecule has 33 heavy (non-hydrogen) atoms. The highest BCUT2D eigenvalue weighted by atomic mass is 79.9. The molecule has 2 N–H and O–H groups in total. The summed E-state index contributed by atoms with van der Waals surface area (Å²) >= 11 is 3.41. The predicted molar refractivity (Wildman–Crippen MR) is 127 cm³/mol. The van der Waals surface area contributed by atoms with Crippen LogP contribution in [0.2, 0.25) is 0 Å². The molecule has 0 heterocycles. The number of halogens is 2. The smallest absolute Gasteiger partial charge is 0.262 e. The third-order valence-electron chi connectivity index (χ3n) is 4.34. The van der Waals surface area contributed by atoms with Crippen molar-refractivity contribution in [2.24, 2.45) is 5.10 Å². The lowest BCUT2D eigenvalue weighted by Gasteiger charge is -2.13. The van der Waals surface area contributed by atoms with Gasteiger partial charge in [0.1, 0.15) is 5.82 Å². The van der Waals surface area contributed by atoms with Crippen molar-refractivity contribution in [2.45, 2.75) is 6.42 Å². The van der Waals surface area contributed by atoms with Gasteiger partial charge in [0.05, 0.1) is 24.2 Å². The maximum atomic E-state index is 12.9. The van der Waals surface area contributed by atoms with E-state index in [2.05, 4.69) is 31.8 Å². The number of benzene rings is 3. The zero-order valence-corrected chi connectivity index (χ0v) is 19.3. The van der Waals surface area contributed by atoms with Crippen LogP contribution in [0, 0.1) is 5.82 Å². The van der Waals surface area contributed by atoms with Gasteiger partial charge in [-0.25, -0.2) is 9.82 Å². The average molecular weight is 514 g/mol. The number of carbonyl (C=O) groups is 2. The summed E-state index contributed by atoms with van der Waals surface area (Å²) < 4.78 is 24.5. The van der Waals surface area contributed by atoms with Gasteiger partial charge in [0.25, 0.3) is 5.91 Å². The number of anilines is 1. The highest BCUT2D eigenvalue weighted by molar-refractivity contribution is 9.10. The van der Waals surface area contributed by atoms with Crippen LogP contribution >= 0.6 is 15.9 Å². The van der Waals surface area contributed by atoms with Gasteiger partial charge in [0, 0.05) is 5.69 Å². The Morgan fingerprint density at radius 1 is 1.06 bits per heavy atom. The summed E-state index contributed by atoms with van der Waals surface area (Å²) in [5, 5.41) is 6.68. The Labute approximate surface area is 198 Å². The Morgan fingerprint density at radius 2 is 1.79 bits per heavy atom. The molecule has 170 valence electrons. The Hall–Kier alpha value is -3.72. The second-order valence-corrected chi connectivity index (χ2v) is 7.69. The summed E-state index contributed by atoms with van der Waals surface area (Å²) in [5.41, 5.74) is 4.40. The lowest BCUT2D eigenvalue weighted by atomic mass is 10.1. The van der Waals surface area contributed by atoms with Crippen molar-refractivity contribution in [3.8, 4) is 11.5 Å². The van der Waals surface area contributed by atoms with Crippen LogP contribution in [0.5, 0.6) is 11.5 Å². The molecule has 3 aromatic carbocycles. The van der Waals surface area contributed by atoms with E-state index in [9.17, 15) is 14.0 Å². The maximum absolute atomic E-state index is 12.9. The van der Waals surface area contributed by atoms with Crippen LogP contribution in [0.3, 0.4) is 0 Å². The Balaban J connectivity index is 1.57. The van der Waals surface area contributed by atoms with Crippen LogP contribution in [0.1, 0.15) is 11.1 Å². The fourth-order valence-electron chi connectivity index (χ4n) is 2.82. The fourth-order valence-corrected chi connectivity index (χ4v) is 3.39. The minimum atomic E-state index is -0.360. The molecule has 0 atom stereocenters. The van der Waals surface area contributed by atoms with E-state index >= 15 is 0 Å². The van der Waals surface area contributed by atoms with E-state index < -0.39 is 0 Å². The number of carbonyl (C=O) groups excluding carboxylic acids is 2. The lowest BCUT2D eigenvalue weighted by Crippen LogP contribution is -2.20. The number of hydrogen-bond acceptors (Lipinski definition) is 5. The van der Waals surface area contributed by atoms with E-state index in [1.807, 2.05) is 18.2 Å². The number of nitrogens with one attached hydrogen (secondary N) is 2. The van der Waals surface area contributed by atoms with E-state index in [1.54, 1.807) is 36.4 Å². The van der Waals surface area contributed by atoms with Crippen molar-refractivity contribution >= 4 is 39.6 Å². The highest BCUT2D eigenvalue weighted by Gasteiger charge is 2.13. The molecule has 3 rings (SSSR count). The molecule has 0 aliphatic carbocycles. The van der Waals surface area contributed by atoms with E-state index in [-0.39, 0.29) is 30.7 Å². The molecule has 0 saturated carbocycles. The molecule has 0 unspecified atom stereocenters. The third kappa shape index (κ3) is 7.43. The largest absolute Gasteiger partial charge is 0.493 e. The van der Waals surface area contributed by atoms with Crippen molar-refractivity contribution in [3.63, 3.8) is 0 Å². The van der Waals surface area contributed by atoms with Crippen LogP contribution in [0.15, 0.2) is 76.3 Å². The van der Waals surface area contributed by atoms with Crippen molar-refractivity contribution in [1.29, 1.82) is 0 Å². The number of amides is 2. The van der Waals surface area contributed by atoms with E-state index in [1.165, 1.54) is 25.5 Å². The Morgan fingerprint density at radius 3 is 2.48 bits per heavy atom. The molecule has 0 saturated heterocycles. The van der Waals surface area contributed by atoms with Gasteiger partial charge in [-0.2, -0.15) is 5.10 Å². The normalized spacial score (nSPS) is 10.6. The molecule has 0 fully saturated rings. The van der Waals surface area contributed by atoms with Gasteiger partial charge in [-0.05, 0) is 63.5 Å². The van der Waals surface area contributed by atoms with Crippen LogP contribution in [-0.4, -0.2) is 31.7 Å². The number of rotatable bonds is 9. The summed E-state index contributed by atoms with van der Waals surface area (Å²) in [4.78, 5) is 24.1. The third-order valence-corrected chi connectivity index (χ3v) is 4.93. The first kappa shape index (κ1) is 23.9. The number of hydrazone groups is 1. The predicted octanol–water partition coefficient (Wildman–Crippen LogP) is 4.31. The number of para-hydroxylation sites is 1. The minimum Gasteiger partial charge on any atom is -0.493 e. The van der Waals surface area contributed by atoms with Gasteiger partial charge >= 0.3 is 0 Å². The molecule has 0 bridgehead atoms. The molecule has 9 heteroatoms. The first-order valence-corrected chi connectivity index (χ1v) is 10.7. The number of ether oxygens (including phenoxy) is 2. The quantitative estimate of drug-likeness (QED) is 0.329. The maximum Gasteiger partial charge on any atom is 0.262 e. The number of nitrogens with zero attached hydrogens (tertiary/aromatic N) is 1. The first-order chi connectivity index (χ1) is 15.9. The summed E-state index contributed by atoms with van der Waals surface area (Å²) in [7, 11) is 1.48. The second kappa shape index (κ2) is 11.8. The van der Waals surface area contributed by atoms with Crippen molar-refractivity contribution < 1.29 is 23.5 Å². The van der Waals surface area contributed by atoms with Crippen LogP contribution in [0.25, 0.3) is 0 Å². The van der Waals surface area contributed by atoms with Gasteiger partial charge in [0.2, 0.25) is 5.91 Å². The molecule has 2 amide bonds. The number of hydrogen-bond donors (Lipinski definition) is 2. The van der Waals surface area contributed by atoms with Gasteiger partial charge in [-0.3, -0.25) is 9.59 Å². The molecule has 0 aromatic heterocycles. The molecule has 0 spiro atoms. The average Bonchev–Trinajstić information content (AvgIpc) is 2.80. The molecular weight excluding hydrogens is 493 g/mol. The van der Waals surface area contributed by atoms with Crippen LogP contribution in [-0.2, 0) is 16.0 Å². The second-order valence-electron chi connectivity index (χ2n) is 6.83. The molecular formula is C24H21BrFN3O4. The van der Waals surface area contributed by atoms with Crippen LogP contribution in [0.4, 0.5) is 10.1 Å². The van der Waals surface area contributed by atoms with Gasteiger partial charge in [0.15, 0.2) is 18.1 Å². The molecule has 0 aliphatic heterocycles. The van der Waals surface area contributed by atoms with E-state index in [0.717, 1.165) is 0 Å². The zero-order valence-electron chi connectivity index (χ0n) is 17.7. The van der Waals surface area contributed by atoms with Gasteiger partial charge < -0.3 is 14.8 Å². The Bertz CT molecular complexity index is 1140. The van der Waals surface area contributed by atoms with Gasteiger partial charge in [-0.15, -0.1) is 0 Å². The Kier molecular flexibility index (Phi) is 8.54. The zero-order chi connectivity index (χ0) is 23.6. The minimum absolute atomic E-state index is 0.0719. The topological polar surface area (TPSA) is 89.0 Å². The van der Waals surface area contributed by atoms with Crippen molar-refractivity contribution in [2.75, 3.05) is 19.0 Å². The summed E-state index contributed by atoms with van der Waals surface area (Å²) in [6.07, 6.45) is 1.52. The standard InChI is InChI=1S/C24H21BrFN3O4/c1-32-21-12-17(14-27-29-22(30)13-16-7-9-18(26)10-8-16)11-20(25)24(21)33-15-23(31)28-19-5-3-2-4-6-19/h2-12,14H,13,15H2,1H3,(H,28,31)(H,29,30)/b27-14+. The summed E-state index contributed by atoms with van der Waals surface area (Å²) in [6.45, 7) is -0.212. The summed E-state index contributed by atoms with van der Waals surface area (Å²) in [5.74, 6) is -0.270. The van der Waals surface area contributed by atoms with Crippen LogP contribution < -0.4 is 20.2 Å². The highest BCUT2D eigenvalue weighted by Crippen LogP contribution is 2.36. The molecule has 0 radical (unpaired) electrons. The SMILES string of the molecule is COc1cc(/C=N/NC(=O)Cc2ccc(F)cc2)cc(Br)c1OCC(=O)Nc1ccccc1. The number of methoxy groups -OCH3 is 1. The van der Waals surface area contributed by atoms with Crippen molar-refractivity contribution in [3.05, 3.63) is 88.1 Å². The van der Waals surface area contributed by atoms with E-state index in [4.69, 9.17) is 9.47 Å². The molecule has 3 aromatic rings. The van der Waals surface area contributed by atoms with Gasteiger partial charge in [-0.1, -0.05) is 30.3 Å².